The maximum Gasteiger partial charge on any atom is 0.434 e. The Bertz CT molecular complexity index is 1350. The summed E-state index contributed by atoms with van der Waals surface area (Å²) in [7, 11) is 0. The zero-order valence-corrected chi connectivity index (χ0v) is 18.0. The molecular weight excluding hydrogens is 453 g/mol. The minimum Gasteiger partial charge on any atom is -0.362 e. The van der Waals surface area contributed by atoms with Crippen molar-refractivity contribution in [2.24, 2.45) is 0 Å². The number of hydrogen-bond donors (Lipinski definition) is 0. The van der Waals surface area contributed by atoms with Crippen LogP contribution in [0.25, 0.3) is 17.2 Å². The number of fused-ring (bicyclic) bond motifs is 1. The van der Waals surface area contributed by atoms with Gasteiger partial charge in [0.25, 0.3) is 5.89 Å². The molecule has 5 heterocycles. The lowest BCUT2D eigenvalue weighted by Gasteiger charge is -2.36. The van der Waals surface area contributed by atoms with Crippen molar-refractivity contribution >= 4 is 11.5 Å². The standard InChI is InChI=1S/C21H19F3N8O2/c1-11-8-31(9-14(33-11)20-29-18(30-34-20)12-2-3-12)16-4-5-25-19(28-16)13-6-27-17-7-26-15(10-32(13)17)21(22,23)24/h4-7,10-12,14H,2-3,8-9H2,1H3/t11-,14-/m0/s1. The summed E-state index contributed by atoms with van der Waals surface area (Å²) in [6, 6.07) is 1.74. The van der Waals surface area contributed by atoms with Gasteiger partial charge in [-0.15, -0.1) is 0 Å². The van der Waals surface area contributed by atoms with Crippen molar-refractivity contribution in [3.8, 4) is 11.5 Å². The minimum atomic E-state index is -4.58. The molecule has 1 saturated carbocycles. The Balaban J connectivity index is 1.30. The van der Waals surface area contributed by atoms with Crippen molar-refractivity contribution in [1.29, 1.82) is 0 Å². The third-order valence-corrected chi connectivity index (χ3v) is 5.82. The lowest BCUT2D eigenvalue weighted by atomic mass is 10.2. The molecule has 0 spiro atoms. The zero-order chi connectivity index (χ0) is 23.4. The average Bonchev–Trinajstić information content (AvgIpc) is 3.39. The van der Waals surface area contributed by atoms with Crippen LogP contribution in [0.15, 0.2) is 35.4 Å². The summed E-state index contributed by atoms with van der Waals surface area (Å²) < 4.78 is 52.3. The normalized spacial score (nSPS) is 21.4. The Labute approximate surface area is 190 Å². The summed E-state index contributed by atoms with van der Waals surface area (Å²) in [6.45, 7) is 2.93. The maximum atomic E-state index is 13.2. The third kappa shape index (κ3) is 3.85. The SMILES string of the molecule is C[C@H]1CN(c2ccnc(-c3cnc4cnc(C(F)(F)F)cn34)n2)C[C@@H](c2nc(C3CC3)no2)O1. The van der Waals surface area contributed by atoms with E-state index in [1.165, 1.54) is 10.6 Å². The highest BCUT2D eigenvalue weighted by Gasteiger charge is 2.35. The molecule has 0 N–H and O–H groups in total. The van der Waals surface area contributed by atoms with E-state index < -0.39 is 18.0 Å². The van der Waals surface area contributed by atoms with Crippen LogP contribution in [0.3, 0.4) is 0 Å². The summed E-state index contributed by atoms with van der Waals surface area (Å²) in [5, 5.41) is 4.07. The number of imidazole rings is 1. The lowest BCUT2D eigenvalue weighted by Crippen LogP contribution is -2.43. The lowest BCUT2D eigenvalue weighted by molar-refractivity contribution is -0.141. The maximum absolute atomic E-state index is 13.2. The molecule has 13 heteroatoms. The first kappa shape index (κ1) is 21.0. The highest BCUT2D eigenvalue weighted by Crippen LogP contribution is 2.39. The molecule has 34 heavy (non-hydrogen) atoms. The molecule has 1 saturated heterocycles. The molecule has 4 aromatic heterocycles. The van der Waals surface area contributed by atoms with Gasteiger partial charge in [-0.25, -0.2) is 19.9 Å². The van der Waals surface area contributed by atoms with Crippen LogP contribution in [-0.2, 0) is 10.9 Å². The molecule has 2 atom stereocenters. The molecule has 0 amide bonds. The number of rotatable bonds is 4. The molecule has 1 aliphatic heterocycles. The Morgan fingerprint density at radius 1 is 1.06 bits per heavy atom. The van der Waals surface area contributed by atoms with E-state index in [9.17, 15) is 13.2 Å². The molecule has 6 rings (SSSR count). The first-order valence-electron chi connectivity index (χ1n) is 10.8. The minimum absolute atomic E-state index is 0.135. The number of nitrogens with zero attached hydrogens (tertiary/aromatic N) is 8. The third-order valence-electron chi connectivity index (χ3n) is 5.82. The summed E-state index contributed by atoms with van der Waals surface area (Å²) >= 11 is 0. The van der Waals surface area contributed by atoms with E-state index in [1.54, 1.807) is 12.3 Å². The Morgan fingerprint density at radius 2 is 1.91 bits per heavy atom. The van der Waals surface area contributed by atoms with Crippen LogP contribution in [0.2, 0.25) is 0 Å². The van der Waals surface area contributed by atoms with Gasteiger partial charge < -0.3 is 14.2 Å². The van der Waals surface area contributed by atoms with Crippen LogP contribution in [0, 0.1) is 0 Å². The Morgan fingerprint density at radius 3 is 2.71 bits per heavy atom. The van der Waals surface area contributed by atoms with Gasteiger partial charge in [-0.2, -0.15) is 18.2 Å². The van der Waals surface area contributed by atoms with Crippen molar-refractivity contribution < 1.29 is 22.4 Å². The van der Waals surface area contributed by atoms with E-state index in [2.05, 4.69) is 30.1 Å². The molecule has 2 fully saturated rings. The molecule has 0 unspecified atom stereocenters. The summed E-state index contributed by atoms with van der Waals surface area (Å²) in [5.41, 5.74) is -0.432. The predicted octanol–water partition coefficient (Wildman–Crippen LogP) is 3.43. The summed E-state index contributed by atoms with van der Waals surface area (Å²) in [4.78, 5) is 23.0. The van der Waals surface area contributed by atoms with Crippen LogP contribution in [0.1, 0.15) is 49.2 Å². The largest absolute Gasteiger partial charge is 0.434 e. The van der Waals surface area contributed by atoms with Crippen LogP contribution in [-0.4, -0.2) is 53.7 Å². The average molecular weight is 472 g/mol. The van der Waals surface area contributed by atoms with E-state index in [0.717, 1.165) is 25.2 Å². The van der Waals surface area contributed by atoms with Gasteiger partial charge in [0.05, 0.1) is 25.0 Å². The highest BCUT2D eigenvalue weighted by atomic mass is 19.4. The number of anilines is 1. The Hall–Kier alpha value is -3.61. The fourth-order valence-corrected chi connectivity index (χ4v) is 4.01. The molecule has 4 aromatic rings. The molecule has 10 nitrogen and oxygen atoms in total. The summed E-state index contributed by atoms with van der Waals surface area (Å²) in [5.74, 6) is 2.37. The van der Waals surface area contributed by atoms with E-state index in [0.29, 0.717) is 42.2 Å². The van der Waals surface area contributed by atoms with Crippen molar-refractivity contribution in [2.45, 2.75) is 44.1 Å². The second-order valence-corrected chi connectivity index (χ2v) is 8.49. The van der Waals surface area contributed by atoms with Gasteiger partial charge in [0, 0.05) is 24.9 Å². The molecule has 0 radical (unpaired) electrons. The molecule has 176 valence electrons. The fourth-order valence-electron chi connectivity index (χ4n) is 4.01. The number of ether oxygens (including phenoxy) is 1. The van der Waals surface area contributed by atoms with Crippen molar-refractivity contribution in [2.75, 3.05) is 18.0 Å². The molecule has 0 aromatic carbocycles. The molecular formula is C21H19F3N8O2. The molecule has 1 aliphatic carbocycles. The zero-order valence-electron chi connectivity index (χ0n) is 18.0. The number of hydrogen-bond acceptors (Lipinski definition) is 9. The number of morpholine rings is 1. The topological polar surface area (TPSA) is 107 Å². The van der Waals surface area contributed by atoms with Crippen molar-refractivity contribution in [3.05, 3.63) is 48.3 Å². The monoisotopic (exact) mass is 472 g/mol. The smallest absolute Gasteiger partial charge is 0.362 e. The predicted molar refractivity (Wildman–Crippen MR) is 111 cm³/mol. The van der Waals surface area contributed by atoms with Crippen molar-refractivity contribution in [1.82, 2.24) is 34.5 Å². The number of alkyl halides is 3. The van der Waals surface area contributed by atoms with E-state index in [4.69, 9.17) is 9.26 Å². The summed E-state index contributed by atoms with van der Waals surface area (Å²) in [6.07, 6.45) is 1.97. The van der Waals surface area contributed by atoms with Crippen LogP contribution >= 0.6 is 0 Å². The second-order valence-electron chi connectivity index (χ2n) is 8.49. The second kappa shape index (κ2) is 7.72. The molecule has 0 bridgehead atoms. The van der Waals surface area contributed by atoms with Crippen LogP contribution in [0.5, 0.6) is 0 Å². The van der Waals surface area contributed by atoms with Crippen LogP contribution in [0.4, 0.5) is 19.0 Å². The first-order chi connectivity index (χ1) is 16.3. The van der Waals surface area contributed by atoms with Gasteiger partial charge >= 0.3 is 6.18 Å². The van der Waals surface area contributed by atoms with Gasteiger partial charge in [-0.3, -0.25) is 4.40 Å². The fraction of sp³-hybridized carbons (Fsp3) is 0.429. The number of aromatic nitrogens is 7. The van der Waals surface area contributed by atoms with Crippen molar-refractivity contribution in [3.63, 3.8) is 0 Å². The highest BCUT2D eigenvalue weighted by molar-refractivity contribution is 5.58. The number of halogens is 3. The van der Waals surface area contributed by atoms with Gasteiger partial charge in [0.2, 0.25) is 0 Å². The van der Waals surface area contributed by atoms with E-state index in [-0.39, 0.29) is 17.6 Å². The van der Waals surface area contributed by atoms with Gasteiger partial charge in [0.1, 0.15) is 11.5 Å². The molecule has 2 aliphatic rings. The van der Waals surface area contributed by atoms with Gasteiger partial charge in [-0.1, -0.05) is 5.16 Å². The quantitative estimate of drug-likeness (QED) is 0.441. The van der Waals surface area contributed by atoms with Gasteiger partial charge in [0.15, 0.2) is 29.1 Å². The Kier molecular flexibility index (Phi) is 4.76. The van der Waals surface area contributed by atoms with E-state index >= 15 is 0 Å². The first-order valence-corrected chi connectivity index (χ1v) is 10.8. The van der Waals surface area contributed by atoms with E-state index in [1.807, 2.05) is 11.8 Å². The van der Waals surface area contributed by atoms with Crippen LogP contribution < -0.4 is 4.90 Å². The van der Waals surface area contributed by atoms with Gasteiger partial charge in [-0.05, 0) is 25.8 Å².